The fourth-order valence-corrected chi connectivity index (χ4v) is 2.75. The van der Waals surface area contributed by atoms with Gasteiger partial charge in [-0.15, -0.1) is 0 Å². The summed E-state index contributed by atoms with van der Waals surface area (Å²) in [6.45, 7) is 4.65. The summed E-state index contributed by atoms with van der Waals surface area (Å²) in [6.07, 6.45) is 1.63. The van der Waals surface area contributed by atoms with Crippen LogP contribution in [0.25, 0.3) is 0 Å². The predicted molar refractivity (Wildman–Crippen MR) is 108 cm³/mol. The lowest BCUT2D eigenvalue weighted by Crippen LogP contribution is -2.15. The minimum Gasteiger partial charge on any atom is -0.497 e. The Hall–Kier alpha value is -3.34. The number of pyridine rings is 1. The lowest BCUT2D eigenvalue weighted by atomic mass is 10.1. The van der Waals surface area contributed by atoms with Gasteiger partial charge in [-0.3, -0.25) is 9.78 Å². The van der Waals surface area contributed by atoms with Crippen molar-refractivity contribution in [2.45, 2.75) is 20.4 Å². The molecule has 0 aliphatic carbocycles. The van der Waals surface area contributed by atoms with Gasteiger partial charge in [-0.2, -0.15) is 0 Å². The fraction of sp³-hybridized carbons (Fsp3) is 0.182. The number of benzene rings is 2. The number of amides is 1. The van der Waals surface area contributed by atoms with Crippen LogP contribution in [-0.2, 0) is 6.54 Å². The number of rotatable bonds is 6. The van der Waals surface area contributed by atoms with Crippen LogP contribution in [0, 0.1) is 13.8 Å². The van der Waals surface area contributed by atoms with E-state index in [1.54, 1.807) is 19.4 Å². The van der Waals surface area contributed by atoms with E-state index in [1.165, 1.54) is 0 Å². The maximum Gasteiger partial charge on any atom is 0.274 e. The van der Waals surface area contributed by atoms with Gasteiger partial charge in [0.15, 0.2) is 0 Å². The van der Waals surface area contributed by atoms with Gasteiger partial charge in [0.2, 0.25) is 0 Å². The highest BCUT2D eigenvalue weighted by atomic mass is 16.5. The first-order valence-electron chi connectivity index (χ1n) is 8.76. The van der Waals surface area contributed by atoms with Crippen LogP contribution in [0.1, 0.15) is 27.2 Å². The van der Waals surface area contributed by atoms with Crippen molar-refractivity contribution in [1.82, 2.24) is 4.98 Å². The molecule has 0 fully saturated rings. The molecule has 0 atom stereocenters. The molecule has 0 unspecified atom stereocenters. The molecule has 2 aromatic carbocycles. The SMILES string of the molecule is COc1ccc(CNc2ccnc(C(=O)Nc3ccc(C)cc3C)c2)cc1. The first-order valence-corrected chi connectivity index (χ1v) is 8.76. The van der Waals surface area contributed by atoms with Crippen molar-refractivity contribution in [2.24, 2.45) is 0 Å². The van der Waals surface area contributed by atoms with Crippen LogP contribution >= 0.6 is 0 Å². The molecule has 0 bridgehead atoms. The molecule has 0 saturated heterocycles. The molecule has 3 rings (SSSR count). The quantitative estimate of drug-likeness (QED) is 0.675. The Morgan fingerprint density at radius 2 is 1.81 bits per heavy atom. The molecular weight excluding hydrogens is 338 g/mol. The zero-order chi connectivity index (χ0) is 19.2. The molecule has 1 aromatic heterocycles. The van der Waals surface area contributed by atoms with E-state index in [2.05, 4.69) is 15.6 Å². The Balaban J connectivity index is 1.66. The molecule has 0 radical (unpaired) electrons. The highest BCUT2D eigenvalue weighted by molar-refractivity contribution is 6.03. The highest BCUT2D eigenvalue weighted by Crippen LogP contribution is 2.18. The Bertz CT molecular complexity index is 937. The predicted octanol–water partition coefficient (Wildman–Crippen LogP) is 4.57. The van der Waals surface area contributed by atoms with Crippen molar-refractivity contribution >= 4 is 17.3 Å². The number of nitrogens with one attached hydrogen (secondary N) is 2. The van der Waals surface area contributed by atoms with Crippen molar-refractivity contribution in [3.05, 3.63) is 83.2 Å². The van der Waals surface area contributed by atoms with Crippen LogP contribution in [-0.4, -0.2) is 18.0 Å². The number of hydrogen-bond acceptors (Lipinski definition) is 4. The third kappa shape index (κ3) is 4.85. The standard InChI is InChI=1S/C22H23N3O2/c1-15-4-9-20(16(2)12-15)25-22(26)21-13-18(10-11-23-21)24-14-17-5-7-19(27-3)8-6-17/h4-13H,14H2,1-3H3,(H,23,24)(H,25,26). The van der Waals surface area contributed by atoms with Gasteiger partial charge in [-0.05, 0) is 55.3 Å². The molecule has 2 N–H and O–H groups in total. The summed E-state index contributed by atoms with van der Waals surface area (Å²) < 4.78 is 5.16. The summed E-state index contributed by atoms with van der Waals surface area (Å²) in [4.78, 5) is 16.7. The smallest absolute Gasteiger partial charge is 0.274 e. The van der Waals surface area contributed by atoms with Crippen molar-refractivity contribution in [3.8, 4) is 5.75 Å². The molecular formula is C22H23N3O2. The lowest BCUT2D eigenvalue weighted by Gasteiger charge is -2.11. The fourth-order valence-electron chi connectivity index (χ4n) is 2.75. The number of aromatic nitrogens is 1. The second-order valence-corrected chi connectivity index (χ2v) is 6.40. The summed E-state index contributed by atoms with van der Waals surface area (Å²) in [5.41, 5.74) is 5.31. The molecule has 27 heavy (non-hydrogen) atoms. The number of carbonyl (C=O) groups excluding carboxylic acids is 1. The molecule has 5 heteroatoms. The summed E-state index contributed by atoms with van der Waals surface area (Å²) in [7, 11) is 1.65. The summed E-state index contributed by atoms with van der Waals surface area (Å²) in [6, 6.07) is 17.4. The number of carbonyl (C=O) groups is 1. The van der Waals surface area contributed by atoms with E-state index in [-0.39, 0.29) is 5.91 Å². The maximum absolute atomic E-state index is 12.5. The number of aryl methyl sites for hydroxylation is 2. The molecule has 0 saturated carbocycles. The van der Waals surface area contributed by atoms with Gasteiger partial charge in [-0.1, -0.05) is 29.8 Å². The van der Waals surface area contributed by atoms with Crippen LogP contribution in [0.4, 0.5) is 11.4 Å². The first-order chi connectivity index (χ1) is 13.0. The van der Waals surface area contributed by atoms with Gasteiger partial charge in [0, 0.05) is 24.1 Å². The van der Waals surface area contributed by atoms with Crippen LogP contribution in [0.5, 0.6) is 5.75 Å². The monoisotopic (exact) mass is 361 g/mol. The zero-order valence-corrected chi connectivity index (χ0v) is 15.7. The average Bonchev–Trinajstić information content (AvgIpc) is 2.69. The molecule has 0 aliphatic rings. The van der Waals surface area contributed by atoms with Crippen molar-refractivity contribution in [3.63, 3.8) is 0 Å². The molecule has 0 aliphatic heterocycles. The van der Waals surface area contributed by atoms with Crippen molar-refractivity contribution in [2.75, 3.05) is 17.7 Å². The summed E-state index contributed by atoms with van der Waals surface area (Å²) in [5, 5.41) is 6.24. The van der Waals surface area contributed by atoms with Gasteiger partial charge >= 0.3 is 0 Å². The van der Waals surface area contributed by atoms with Gasteiger partial charge in [0.25, 0.3) is 5.91 Å². The van der Waals surface area contributed by atoms with E-state index in [9.17, 15) is 4.79 Å². The number of methoxy groups -OCH3 is 1. The Labute approximate surface area is 159 Å². The van der Waals surface area contributed by atoms with Crippen LogP contribution < -0.4 is 15.4 Å². The van der Waals surface area contributed by atoms with Gasteiger partial charge < -0.3 is 15.4 Å². The lowest BCUT2D eigenvalue weighted by molar-refractivity contribution is 0.102. The Morgan fingerprint density at radius 3 is 2.52 bits per heavy atom. The average molecular weight is 361 g/mol. The normalized spacial score (nSPS) is 10.3. The summed E-state index contributed by atoms with van der Waals surface area (Å²) >= 11 is 0. The molecule has 1 amide bonds. The van der Waals surface area contributed by atoms with Gasteiger partial charge in [-0.25, -0.2) is 0 Å². The van der Waals surface area contributed by atoms with Crippen LogP contribution in [0.2, 0.25) is 0 Å². The minimum atomic E-state index is -0.227. The second-order valence-electron chi connectivity index (χ2n) is 6.40. The summed E-state index contributed by atoms with van der Waals surface area (Å²) in [5.74, 6) is 0.600. The molecule has 5 nitrogen and oxygen atoms in total. The van der Waals surface area contributed by atoms with Crippen LogP contribution in [0.15, 0.2) is 60.8 Å². The van der Waals surface area contributed by atoms with Gasteiger partial charge in [0.05, 0.1) is 7.11 Å². The van der Waals surface area contributed by atoms with E-state index >= 15 is 0 Å². The minimum absolute atomic E-state index is 0.227. The number of ether oxygens (including phenoxy) is 1. The zero-order valence-electron chi connectivity index (χ0n) is 15.7. The highest BCUT2D eigenvalue weighted by Gasteiger charge is 2.10. The molecule has 3 aromatic rings. The maximum atomic E-state index is 12.5. The molecule has 0 spiro atoms. The Morgan fingerprint density at radius 1 is 1.04 bits per heavy atom. The van der Waals surface area contributed by atoms with Crippen molar-refractivity contribution < 1.29 is 9.53 Å². The third-order valence-corrected chi connectivity index (χ3v) is 4.28. The Kier molecular flexibility index (Phi) is 5.71. The van der Waals surface area contributed by atoms with Gasteiger partial charge in [0.1, 0.15) is 11.4 Å². The van der Waals surface area contributed by atoms with E-state index in [0.717, 1.165) is 33.8 Å². The molecule has 138 valence electrons. The van der Waals surface area contributed by atoms with E-state index in [4.69, 9.17) is 4.74 Å². The number of hydrogen-bond donors (Lipinski definition) is 2. The van der Waals surface area contributed by atoms with Crippen LogP contribution in [0.3, 0.4) is 0 Å². The number of anilines is 2. The largest absolute Gasteiger partial charge is 0.497 e. The van der Waals surface area contributed by atoms with E-state index in [0.29, 0.717) is 12.2 Å². The first kappa shape index (κ1) is 18.5. The molecule has 1 heterocycles. The van der Waals surface area contributed by atoms with E-state index < -0.39 is 0 Å². The van der Waals surface area contributed by atoms with E-state index in [1.807, 2.05) is 62.4 Å². The number of nitrogens with zero attached hydrogens (tertiary/aromatic N) is 1. The van der Waals surface area contributed by atoms with Crippen molar-refractivity contribution in [1.29, 1.82) is 0 Å². The topological polar surface area (TPSA) is 63.2 Å². The third-order valence-electron chi connectivity index (χ3n) is 4.28. The second kappa shape index (κ2) is 8.36.